The second kappa shape index (κ2) is 11.8. The van der Waals surface area contributed by atoms with Gasteiger partial charge in [-0.3, -0.25) is 9.78 Å². The number of pyridine rings is 1. The van der Waals surface area contributed by atoms with Gasteiger partial charge in [-0.1, -0.05) is 12.1 Å². The van der Waals surface area contributed by atoms with E-state index < -0.39 is 10.1 Å². The van der Waals surface area contributed by atoms with Crippen LogP contribution in [0, 0.1) is 5.82 Å². The Kier molecular flexibility index (Phi) is 9.01. The second-order valence-corrected chi connectivity index (χ2v) is 11.2. The number of piperidine rings is 1. The van der Waals surface area contributed by atoms with Crippen molar-refractivity contribution in [2.45, 2.75) is 18.9 Å². The normalized spacial score (nSPS) is 15.3. The Morgan fingerprint density at radius 3 is 2.05 bits per heavy atom. The van der Waals surface area contributed by atoms with E-state index in [0.29, 0.717) is 23.4 Å². The molecule has 198 valence electrons. The van der Waals surface area contributed by atoms with Crippen molar-refractivity contribution in [3.63, 3.8) is 0 Å². The molecular formula is C27H32FN3O5S. The van der Waals surface area contributed by atoms with Crippen molar-refractivity contribution in [1.29, 1.82) is 0 Å². The number of carbonyl (C=O) groups excluding carboxylic acids is 1. The molecule has 1 amide bonds. The first-order chi connectivity index (χ1) is 17.3. The zero-order chi connectivity index (χ0) is 27.2. The number of carbonyl (C=O) groups is 1. The van der Waals surface area contributed by atoms with Crippen LogP contribution in [0.1, 0.15) is 23.3 Å². The molecule has 0 saturated carbocycles. The molecule has 1 aliphatic rings. The predicted molar refractivity (Wildman–Crippen MR) is 139 cm³/mol. The number of rotatable bonds is 5. The molecule has 2 aromatic carbocycles. The van der Waals surface area contributed by atoms with Crippen LogP contribution < -0.4 is 4.74 Å². The monoisotopic (exact) mass is 529 g/mol. The molecule has 0 atom stereocenters. The van der Waals surface area contributed by atoms with Crippen LogP contribution in [0.2, 0.25) is 0 Å². The van der Waals surface area contributed by atoms with Crippen LogP contribution in [0.5, 0.6) is 11.5 Å². The summed E-state index contributed by atoms with van der Waals surface area (Å²) in [6, 6.07) is 17.5. The third kappa shape index (κ3) is 8.92. The van der Waals surface area contributed by atoms with E-state index in [9.17, 15) is 9.18 Å². The minimum absolute atomic E-state index is 0.0414. The lowest BCUT2D eigenvalue weighted by atomic mass is 10.0. The van der Waals surface area contributed by atoms with Gasteiger partial charge in [-0.2, -0.15) is 0 Å². The molecule has 10 heteroatoms. The lowest BCUT2D eigenvalue weighted by Gasteiger charge is -2.40. The number of nitrogens with zero attached hydrogens (tertiary/aromatic N) is 3. The highest BCUT2D eigenvalue weighted by atomic mass is 32.2. The Hall–Kier alpha value is -3.34. The molecule has 4 rings (SSSR count). The van der Waals surface area contributed by atoms with Gasteiger partial charge < -0.3 is 18.7 Å². The summed E-state index contributed by atoms with van der Waals surface area (Å²) in [6.45, 7) is 2.14. The number of aromatic nitrogens is 1. The maximum Gasteiger partial charge on any atom is 0.272 e. The van der Waals surface area contributed by atoms with E-state index in [-0.39, 0.29) is 17.8 Å². The van der Waals surface area contributed by atoms with Crippen molar-refractivity contribution in [3.8, 4) is 22.6 Å². The third-order valence-electron chi connectivity index (χ3n) is 6.22. The molecule has 0 unspecified atom stereocenters. The van der Waals surface area contributed by atoms with Gasteiger partial charge in [-0.25, -0.2) is 12.8 Å². The van der Waals surface area contributed by atoms with Gasteiger partial charge in [0.2, 0.25) is 0 Å². The average molecular weight is 530 g/mol. The summed E-state index contributed by atoms with van der Waals surface area (Å²) >= 11 is 0. The van der Waals surface area contributed by atoms with Crippen molar-refractivity contribution in [3.05, 3.63) is 78.4 Å². The summed E-state index contributed by atoms with van der Waals surface area (Å²) in [5.41, 5.74) is 2.34. The highest BCUT2D eigenvalue weighted by Crippen LogP contribution is 2.27. The molecule has 0 spiro atoms. The predicted octanol–water partition coefficient (Wildman–Crippen LogP) is 4.15. The Bertz CT molecular complexity index is 1290. The van der Waals surface area contributed by atoms with E-state index in [1.807, 2.05) is 48.3 Å². The minimum Gasteiger partial charge on any atom is -0.748 e. The Morgan fingerprint density at radius 1 is 1.00 bits per heavy atom. The minimum atomic E-state index is -3.92. The van der Waals surface area contributed by atoms with Gasteiger partial charge in [-0.05, 0) is 59.7 Å². The van der Waals surface area contributed by atoms with Gasteiger partial charge >= 0.3 is 0 Å². The van der Waals surface area contributed by atoms with Gasteiger partial charge in [0.1, 0.15) is 23.0 Å². The maximum atomic E-state index is 13.1. The molecule has 0 radical (unpaired) electrons. The molecule has 1 fully saturated rings. The summed E-state index contributed by atoms with van der Waals surface area (Å²) in [7, 11) is 2.44. The van der Waals surface area contributed by atoms with Crippen molar-refractivity contribution in [2.75, 3.05) is 40.5 Å². The molecule has 0 aliphatic carbocycles. The Labute approximate surface area is 217 Å². The standard InChI is InChI=1S/C26H29FN3O2.CH4O3S/c1-29(22-13-16-30(2,3)17-14-22)26(31)25-18-20(12-15-28-25)19-4-8-23(9-5-19)32-24-10-6-21(27)7-11-24;1-5(2,3)4/h4-12,15,18,22H,13-14,16-17H2,1-3H3;1H3,(H,2,3,4)/q+1;/p-1. The van der Waals surface area contributed by atoms with E-state index in [0.717, 1.165) is 41.5 Å². The maximum absolute atomic E-state index is 13.1. The third-order valence-corrected chi connectivity index (χ3v) is 6.22. The van der Waals surface area contributed by atoms with Crippen molar-refractivity contribution in [2.24, 2.45) is 0 Å². The highest BCUT2D eigenvalue weighted by Gasteiger charge is 2.31. The molecule has 2 heterocycles. The van der Waals surface area contributed by atoms with E-state index in [2.05, 4.69) is 19.1 Å². The molecule has 0 bridgehead atoms. The van der Waals surface area contributed by atoms with Crippen LogP contribution in [0.25, 0.3) is 11.1 Å². The number of benzene rings is 2. The number of hydrogen-bond donors (Lipinski definition) is 0. The molecule has 3 aromatic rings. The molecule has 1 aromatic heterocycles. The molecular weight excluding hydrogens is 497 g/mol. The second-order valence-electron chi connectivity index (χ2n) is 9.74. The SMILES string of the molecule is CN(C(=O)c1cc(-c2ccc(Oc3ccc(F)cc3)cc2)ccn1)C1CC[N+](C)(C)CC1.CS(=O)(=O)[O-]. The first-order valence-electron chi connectivity index (χ1n) is 11.8. The van der Waals surface area contributed by atoms with Crippen LogP contribution in [0.15, 0.2) is 66.9 Å². The summed E-state index contributed by atoms with van der Waals surface area (Å²) in [6.07, 6.45) is 4.29. The number of quaternary nitrogens is 1. The van der Waals surface area contributed by atoms with Crippen molar-refractivity contribution in [1.82, 2.24) is 9.88 Å². The summed E-state index contributed by atoms with van der Waals surface area (Å²) in [4.78, 5) is 19.3. The van der Waals surface area contributed by atoms with Crippen LogP contribution in [0.4, 0.5) is 4.39 Å². The van der Waals surface area contributed by atoms with E-state index in [1.165, 1.54) is 12.1 Å². The average Bonchev–Trinajstić information content (AvgIpc) is 2.84. The summed E-state index contributed by atoms with van der Waals surface area (Å²) < 4.78 is 47.0. The molecule has 1 saturated heterocycles. The first-order valence-corrected chi connectivity index (χ1v) is 13.6. The number of halogens is 1. The number of likely N-dealkylation sites (tertiary alicyclic amines) is 1. The summed E-state index contributed by atoms with van der Waals surface area (Å²) in [5.74, 6) is 0.890. The summed E-state index contributed by atoms with van der Waals surface area (Å²) in [5, 5.41) is 0. The number of amides is 1. The molecule has 1 aliphatic heterocycles. The van der Waals surface area contributed by atoms with Gasteiger partial charge in [0.05, 0.1) is 37.3 Å². The molecule has 8 nitrogen and oxygen atoms in total. The van der Waals surface area contributed by atoms with E-state index in [1.54, 1.807) is 18.3 Å². The van der Waals surface area contributed by atoms with E-state index in [4.69, 9.17) is 17.7 Å². The van der Waals surface area contributed by atoms with Crippen LogP contribution >= 0.6 is 0 Å². The smallest absolute Gasteiger partial charge is 0.272 e. The van der Waals surface area contributed by atoms with Crippen molar-refractivity contribution >= 4 is 16.0 Å². The van der Waals surface area contributed by atoms with E-state index >= 15 is 0 Å². The molecule has 0 N–H and O–H groups in total. The largest absolute Gasteiger partial charge is 0.748 e. The quantitative estimate of drug-likeness (QED) is 0.364. The van der Waals surface area contributed by atoms with Crippen molar-refractivity contribution < 1.29 is 31.4 Å². The number of hydrogen-bond acceptors (Lipinski definition) is 6. The Morgan fingerprint density at radius 2 is 1.51 bits per heavy atom. The van der Waals surface area contributed by atoms with Gasteiger partial charge in [0.25, 0.3) is 5.91 Å². The van der Waals surface area contributed by atoms with Crippen LogP contribution in [-0.4, -0.2) is 79.8 Å². The van der Waals surface area contributed by atoms with Gasteiger partial charge in [0, 0.05) is 38.4 Å². The van der Waals surface area contributed by atoms with Crippen LogP contribution in [-0.2, 0) is 10.1 Å². The number of ether oxygens (including phenoxy) is 1. The van der Waals surface area contributed by atoms with Gasteiger partial charge in [-0.15, -0.1) is 0 Å². The topological polar surface area (TPSA) is 99.6 Å². The lowest BCUT2D eigenvalue weighted by Crippen LogP contribution is -2.52. The fourth-order valence-electron chi connectivity index (χ4n) is 4.07. The van der Waals surface area contributed by atoms with Gasteiger partial charge in [0.15, 0.2) is 0 Å². The Balaban J connectivity index is 0.000000695. The zero-order valence-electron chi connectivity index (χ0n) is 21.4. The van der Waals surface area contributed by atoms with Crippen LogP contribution in [0.3, 0.4) is 0 Å². The fourth-order valence-corrected chi connectivity index (χ4v) is 4.07. The molecule has 37 heavy (non-hydrogen) atoms. The lowest BCUT2D eigenvalue weighted by molar-refractivity contribution is -0.895. The fraction of sp³-hybridized carbons (Fsp3) is 0.333. The zero-order valence-corrected chi connectivity index (χ0v) is 22.2. The highest BCUT2D eigenvalue weighted by molar-refractivity contribution is 7.84. The first kappa shape index (κ1) is 28.2.